The predicted octanol–water partition coefficient (Wildman–Crippen LogP) is 4.02. The van der Waals surface area contributed by atoms with Gasteiger partial charge < -0.3 is 34.7 Å². The maximum Gasteiger partial charge on any atom is 0.336 e. The molecular weight excluding hydrogens is 596 g/mol. The van der Waals surface area contributed by atoms with Gasteiger partial charge in [-0.3, -0.25) is 10.1 Å². The molecule has 13 heteroatoms. The molecule has 0 saturated carbocycles. The predicted molar refractivity (Wildman–Crippen MR) is 168 cm³/mol. The standard InChI is InChI=1S/C33H40N4O9/c1-5-43-32(39)29-21(3)36-22(4)30(33(40)44-6-2)31(29)26-17-24(37(41)42)13-14-28(26)45-16-10-9-15-35-19-25(38)20-46-27-12-8-7-11-23(27)18-34/h7-8,11-14,17,25,31,35-36,38H,5-6,9-10,15-16,19-20H2,1-4H3. The molecule has 1 heterocycles. The first kappa shape index (κ1) is 35.5. The number of aliphatic hydroxyl groups excluding tert-OH is 1. The van der Waals surface area contributed by atoms with Crippen molar-refractivity contribution >= 4 is 17.6 Å². The lowest BCUT2D eigenvalue weighted by atomic mass is 9.79. The van der Waals surface area contributed by atoms with Crippen LogP contribution >= 0.6 is 0 Å². The fraction of sp³-hybridized carbons (Fsp3) is 0.424. The average molecular weight is 637 g/mol. The monoisotopic (exact) mass is 636 g/mol. The molecule has 0 fully saturated rings. The summed E-state index contributed by atoms with van der Waals surface area (Å²) in [6.45, 7) is 7.95. The van der Waals surface area contributed by atoms with Gasteiger partial charge in [0.25, 0.3) is 5.69 Å². The highest BCUT2D eigenvalue weighted by molar-refractivity contribution is 6.00. The Kier molecular flexibility index (Phi) is 13.5. The van der Waals surface area contributed by atoms with E-state index in [1.807, 2.05) is 6.07 Å². The number of nitrogens with zero attached hydrogens (tertiary/aromatic N) is 2. The number of unbranched alkanes of at least 4 members (excludes halogenated alkanes) is 1. The molecule has 0 amide bonds. The van der Waals surface area contributed by atoms with E-state index < -0.39 is 28.9 Å². The number of nitrogens with one attached hydrogen (secondary N) is 2. The van der Waals surface area contributed by atoms with Gasteiger partial charge in [-0.1, -0.05) is 12.1 Å². The quantitative estimate of drug-likeness (QED) is 0.0983. The Morgan fingerprint density at radius 3 is 2.28 bits per heavy atom. The van der Waals surface area contributed by atoms with Crippen molar-refractivity contribution in [2.75, 3.05) is 39.5 Å². The Balaban J connectivity index is 1.70. The summed E-state index contributed by atoms with van der Waals surface area (Å²) in [4.78, 5) is 37.6. The topological polar surface area (TPSA) is 182 Å². The molecule has 0 aromatic heterocycles. The molecule has 46 heavy (non-hydrogen) atoms. The number of carbonyl (C=O) groups excluding carboxylic acids is 2. The normalized spacial score (nSPS) is 13.8. The first-order valence-corrected chi connectivity index (χ1v) is 15.1. The largest absolute Gasteiger partial charge is 0.493 e. The van der Waals surface area contributed by atoms with Gasteiger partial charge in [0.05, 0.1) is 47.4 Å². The highest BCUT2D eigenvalue weighted by Gasteiger charge is 2.40. The first-order valence-electron chi connectivity index (χ1n) is 15.1. The Morgan fingerprint density at radius 2 is 1.67 bits per heavy atom. The zero-order chi connectivity index (χ0) is 33.6. The lowest BCUT2D eigenvalue weighted by Crippen LogP contribution is -2.33. The van der Waals surface area contributed by atoms with Gasteiger partial charge >= 0.3 is 11.9 Å². The van der Waals surface area contributed by atoms with E-state index in [1.165, 1.54) is 18.2 Å². The van der Waals surface area contributed by atoms with Gasteiger partial charge in [-0.05, 0) is 65.3 Å². The van der Waals surface area contributed by atoms with Crippen molar-refractivity contribution in [3.8, 4) is 17.6 Å². The van der Waals surface area contributed by atoms with Crippen LogP contribution in [0.15, 0.2) is 65.0 Å². The molecule has 2 aromatic carbocycles. The van der Waals surface area contributed by atoms with Crippen LogP contribution in [0.5, 0.6) is 11.5 Å². The van der Waals surface area contributed by atoms with E-state index in [-0.39, 0.29) is 61.1 Å². The van der Waals surface area contributed by atoms with Crippen LogP contribution in [0.4, 0.5) is 5.69 Å². The summed E-state index contributed by atoms with van der Waals surface area (Å²) in [5, 5.41) is 37.4. The van der Waals surface area contributed by atoms with Crippen LogP contribution in [0.3, 0.4) is 0 Å². The number of nitriles is 1. The summed E-state index contributed by atoms with van der Waals surface area (Å²) in [6.07, 6.45) is 0.489. The van der Waals surface area contributed by atoms with Crippen LogP contribution in [0.25, 0.3) is 0 Å². The molecule has 0 spiro atoms. The summed E-state index contributed by atoms with van der Waals surface area (Å²) < 4.78 is 22.3. The second-order valence-electron chi connectivity index (χ2n) is 10.4. The fourth-order valence-corrected chi connectivity index (χ4v) is 5.00. The van der Waals surface area contributed by atoms with Gasteiger partial charge in [0, 0.05) is 35.6 Å². The molecular formula is C33H40N4O9. The average Bonchev–Trinajstić information content (AvgIpc) is 3.03. The fourth-order valence-electron chi connectivity index (χ4n) is 5.00. The van der Waals surface area contributed by atoms with Crippen molar-refractivity contribution in [3.05, 3.63) is 86.2 Å². The summed E-state index contributed by atoms with van der Waals surface area (Å²) in [5.74, 6) is -1.69. The maximum atomic E-state index is 13.2. The van der Waals surface area contributed by atoms with Crippen LogP contribution in [-0.2, 0) is 19.1 Å². The van der Waals surface area contributed by atoms with Gasteiger partial charge in [-0.25, -0.2) is 9.59 Å². The maximum absolute atomic E-state index is 13.2. The second-order valence-corrected chi connectivity index (χ2v) is 10.4. The number of nitro groups is 1. The van der Waals surface area contributed by atoms with Crippen LogP contribution in [0.2, 0.25) is 0 Å². The third-order valence-corrected chi connectivity index (χ3v) is 7.09. The van der Waals surface area contributed by atoms with Gasteiger partial charge in [0.2, 0.25) is 0 Å². The number of carbonyl (C=O) groups is 2. The van der Waals surface area contributed by atoms with Crippen molar-refractivity contribution in [1.82, 2.24) is 10.6 Å². The van der Waals surface area contributed by atoms with Gasteiger partial charge in [0.1, 0.15) is 30.3 Å². The number of para-hydroxylation sites is 1. The lowest BCUT2D eigenvalue weighted by Gasteiger charge is -2.31. The zero-order valence-corrected chi connectivity index (χ0v) is 26.5. The molecule has 0 saturated heterocycles. The third-order valence-electron chi connectivity index (χ3n) is 7.09. The van der Waals surface area contributed by atoms with E-state index in [0.717, 1.165) is 0 Å². The Labute approximate surface area is 267 Å². The van der Waals surface area contributed by atoms with E-state index in [0.29, 0.717) is 42.1 Å². The van der Waals surface area contributed by atoms with Gasteiger partial charge in [-0.2, -0.15) is 5.26 Å². The van der Waals surface area contributed by atoms with Crippen LogP contribution < -0.4 is 20.1 Å². The van der Waals surface area contributed by atoms with Gasteiger partial charge in [-0.15, -0.1) is 0 Å². The minimum Gasteiger partial charge on any atom is -0.493 e. The number of nitro benzene ring substituents is 1. The molecule has 0 radical (unpaired) electrons. The Bertz CT molecular complexity index is 1470. The highest BCUT2D eigenvalue weighted by Crippen LogP contribution is 2.44. The number of hydrogen-bond donors (Lipinski definition) is 3. The minimum atomic E-state index is -1.04. The molecule has 1 aliphatic heterocycles. The number of ether oxygens (including phenoxy) is 4. The number of dihydropyridines is 1. The number of aliphatic hydroxyl groups is 1. The number of esters is 2. The lowest BCUT2D eigenvalue weighted by molar-refractivity contribution is -0.384. The Hall–Kier alpha value is -4.93. The number of allylic oxidation sites excluding steroid dienone is 2. The van der Waals surface area contributed by atoms with Crippen molar-refractivity contribution in [1.29, 1.82) is 5.26 Å². The molecule has 2 aromatic rings. The molecule has 246 valence electrons. The van der Waals surface area contributed by atoms with E-state index in [1.54, 1.807) is 52.0 Å². The number of hydrogen-bond acceptors (Lipinski definition) is 12. The molecule has 0 aliphatic carbocycles. The molecule has 1 aliphatic rings. The number of rotatable bonds is 17. The van der Waals surface area contributed by atoms with E-state index in [4.69, 9.17) is 24.2 Å². The second kappa shape index (κ2) is 17.5. The zero-order valence-electron chi connectivity index (χ0n) is 26.5. The Morgan fingerprint density at radius 1 is 1.02 bits per heavy atom. The summed E-state index contributed by atoms with van der Waals surface area (Å²) >= 11 is 0. The van der Waals surface area contributed by atoms with E-state index in [9.17, 15) is 24.8 Å². The summed E-state index contributed by atoms with van der Waals surface area (Å²) in [5.41, 5.74) is 1.57. The van der Waals surface area contributed by atoms with Crippen molar-refractivity contribution in [2.24, 2.45) is 0 Å². The third kappa shape index (κ3) is 9.29. The highest BCUT2D eigenvalue weighted by atomic mass is 16.6. The number of non-ortho nitro benzene ring substituents is 1. The number of benzene rings is 2. The van der Waals surface area contributed by atoms with Crippen molar-refractivity contribution in [3.63, 3.8) is 0 Å². The summed E-state index contributed by atoms with van der Waals surface area (Å²) in [6, 6.07) is 12.9. The molecule has 3 N–H and O–H groups in total. The SMILES string of the molecule is CCOC(=O)C1=C(C)NC(C)=C(C(=O)OCC)C1c1cc([N+](=O)[O-])ccc1OCCCCNCC(O)COc1ccccc1C#N. The van der Waals surface area contributed by atoms with E-state index >= 15 is 0 Å². The van der Waals surface area contributed by atoms with Crippen LogP contribution in [-0.4, -0.2) is 67.6 Å². The van der Waals surface area contributed by atoms with Crippen molar-refractivity contribution in [2.45, 2.75) is 52.6 Å². The molecule has 1 atom stereocenters. The van der Waals surface area contributed by atoms with E-state index in [2.05, 4.69) is 10.6 Å². The summed E-state index contributed by atoms with van der Waals surface area (Å²) in [7, 11) is 0. The first-order chi connectivity index (χ1) is 22.1. The smallest absolute Gasteiger partial charge is 0.336 e. The van der Waals surface area contributed by atoms with Gasteiger partial charge in [0.15, 0.2) is 0 Å². The molecule has 1 unspecified atom stereocenters. The van der Waals surface area contributed by atoms with Crippen LogP contribution in [0, 0.1) is 21.4 Å². The van der Waals surface area contributed by atoms with Crippen LogP contribution in [0.1, 0.15) is 57.6 Å². The molecule has 3 rings (SSSR count). The molecule has 0 bridgehead atoms. The minimum absolute atomic E-state index is 0.0256. The van der Waals surface area contributed by atoms with Crippen molar-refractivity contribution < 1.29 is 38.6 Å². The molecule has 13 nitrogen and oxygen atoms in total.